The second kappa shape index (κ2) is 8.10. The molecular formula is C35H26N2O. The SMILES string of the molecule is [C-]#[N+]c1ccc2c(c1)c1cc(-c3ccc4c(c3)C(C)(C)c3ccccc3O4)ccc1n2-c1ccc(C)cc1. The summed E-state index contributed by atoms with van der Waals surface area (Å²) >= 11 is 0. The van der Waals surface area contributed by atoms with Crippen molar-refractivity contribution in [2.45, 2.75) is 26.2 Å². The van der Waals surface area contributed by atoms with Crippen molar-refractivity contribution in [3.05, 3.63) is 131 Å². The molecule has 0 amide bonds. The summed E-state index contributed by atoms with van der Waals surface area (Å²) in [5, 5.41) is 2.23. The fraction of sp³-hybridized carbons (Fsp3) is 0.114. The van der Waals surface area contributed by atoms with E-state index in [1.165, 1.54) is 16.7 Å². The molecule has 0 radical (unpaired) electrons. The lowest BCUT2D eigenvalue weighted by Crippen LogP contribution is -2.24. The summed E-state index contributed by atoms with van der Waals surface area (Å²) in [6, 6.07) is 36.1. The van der Waals surface area contributed by atoms with Gasteiger partial charge in [-0.3, -0.25) is 0 Å². The van der Waals surface area contributed by atoms with Gasteiger partial charge < -0.3 is 9.30 Å². The molecule has 38 heavy (non-hydrogen) atoms. The molecule has 0 aliphatic carbocycles. The Morgan fingerprint density at radius 1 is 0.684 bits per heavy atom. The average Bonchev–Trinajstić information content (AvgIpc) is 3.26. The van der Waals surface area contributed by atoms with Crippen molar-refractivity contribution in [2.75, 3.05) is 0 Å². The van der Waals surface area contributed by atoms with Crippen molar-refractivity contribution in [3.63, 3.8) is 0 Å². The van der Waals surface area contributed by atoms with Crippen LogP contribution in [0.25, 0.3) is 43.5 Å². The van der Waals surface area contributed by atoms with Gasteiger partial charge in [0.15, 0.2) is 5.69 Å². The van der Waals surface area contributed by atoms with Crippen LogP contribution in [0.2, 0.25) is 0 Å². The summed E-state index contributed by atoms with van der Waals surface area (Å²) in [6.45, 7) is 14.2. The minimum atomic E-state index is -0.170. The average molecular weight is 491 g/mol. The van der Waals surface area contributed by atoms with E-state index in [2.05, 4.69) is 109 Å². The van der Waals surface area contributed by atoms with Crippen LogP contribution in [0, 0.1) is 13.5 Å². The van der Waals surface area contributed by atoms with E-state index in [0.29, 0.717) is 5.69 Å². The van der Waals surface area contributed by atoms with Crippen LogP contribution in [0.5, 0.6) is 11.5 Å². The van der Waals surface area contributed by atoms with Gasteiger partial charge in [0, 0.05) is 27.6 Å². The van der Waals surface area contributed by atoms with Crippen molar-refractivity contribution in [2.24, 2.45) is 0 Å². The molecule has 0 unspecified atom stereocenters. The summed E-state index contributed by atoms with van der Waals surface area (Å²) in [5.41, 5.74) is 9.74. The van der Waals surface area contributed by atoms with Gasteiger partial charge in [-0.05, 0) is 78.0 Å². The molecule has 0 saturated carbocycles. The molecule has 0 N–H and O–H groups in total. The molecule has 0 bridgehead atoms. The molecule has 1 aliphatic heterocycles. The first-order chi connectivity index (χ1) is 18.4. The molecule has 0 spiro atoms. The van der Waals surface area contributed by atoms with E-state index in [9.17, 15) is 0 Å². The molecule has 2 heterocycles. The molecule has 1 aromatic heterocycles. The van der Waals surface area contributed by atoms with Crippen molar-refractivity contribution in [3.8, 4) is 28.3 Å². The number of aryl methyl sites for hydroxylation is 1. The number of ether oxygens (including phenoxy) is 1. The predicted octanol–water partition coefficient (Wildman–Crippen LogP) is 9.74. The highest BCUT2D eigenvalue weighted by atomic mass is 16.5. The van der Waals surface area contributed by atoms with Crippen molar-refractivity contribution >= 4 is 27.5 Å². The van der Waals surface area contributed by atoms with Crippen LogP contribution in [0.1, 0.15) is 30.5 Å². The van der Waals surface area contributed by atoms with Crippen molar-refractivity contribution in [1.82, 2.24) is 4.57 Å². The number of fused-ring (bicyclic) bond motifs is 5. The monoisotopic (exact) mass is 490 g/mol. The number of para-hydroxylation sites is 1. The van der Waals surface area contributed by atoms with Gasteiger partial charge in [0.2, 0.25) is 0 Å². The molecule has 3 nitrogen and oxygen atoms in total. The second-order valence-corrected chi connectivity index (χ2v) is 10.7. The minimum Gasteiger partial charge on any atom is -0.457 e. The Bertz CT molecular complexity index is 1930. The molecule has 1 aliphatic rings. The first-order valence-electron chi connectivity index (χ1n) is 12.9. The van der Waals surface area contributed by atoms with Crippen molar-refractivity contribution < 1.29 is 4.74 Å². The maximum atomic E-state index is 7.58. The summed E-state index contributed by atoms with van der Waals surface area (Å²) < 4.78 is 8.58. The standard InChI is InChI=1S/C35H26N2O/c1-22-9-14-26(15-10-22)37-31-16-11-23(19-27(31)28-21-25(36-4)13-17-32(28)37)24-12-18-34-30(20-24)35(2,3)29-7-5-6-8-33(29)38-34/h5-21H,1-3H3. The smallest absolute Gasteiger partial charge is 0.188 e. The van der Waals surface area contributed by atoms with Crippen molar-refractivity contribution in [1.29, 1.82) is 0 Å². The molecular weight excluding hydrogens is 464 g/mol. The molecule has 0 atom stereocenters. The zero-order chi connectivity index (χ0) is 26.0. The molecule has 0 saturated heterocycles. The van der Waals surface area contributed by atoms with Gasteiger partial charge in [-0.2, -0.15) is 0 Å². The quantitative estimate of drug-likeness (QED) is 0.221. The molecule has 3 heteroatoms. The van der Waals surface area contributed by atoms with E-state index in [1.54, 1.807) is 0 Å². The Labute approximate surface area is 222 Å². The number of nitrogens with zero attached hydrogens (tertiary/aromatic N) is 2. The Morgan fingerprint density at radius 3 is 2.13 bits per heavy atom. The van der Waals surface area contributed by atoms with E-state index in [4.69, 9.17) is 11.3 Å². The zero-order valence-corrected chi connectivity index (χ0v) is 21.6. The fourth-order valence-corrected chi connectivity index (χ4v) is 5.85. The highest BCUT2D eigenvalue weighted by molar-refractivity contribution is 6.11. The first-order valence-corrected chi connectivity index (χ1v) is 12.9. The second-order valence-electron chi connectivity index (χ2n) is 10.7. The lowest BCUT2D eigenvalue weighted by atomic mass is 9.75. The van der Waals surface area contributed by atoms with Crippen LogP contribution in [0.15, 0.2) is 103 Å². The highest BCUT2D eigenvalue weighted by Crippen LogP contribution is 2.49. The molecule has 6 aromatic rings. The summed E-state index contributed by atoms with van der Waals surface area (Å²) in [6.07, 6.45) is 0. The van der Waals surface area contributed by atoms with Crippen LogP contribution in [-0.2, 0) is 5.41 Å². The Balaban J connectivity index is 1.43. The third kappa shape index (κ3) is 3.27. The van der Waals surface area contributed by atoms with Crippen LogP contribution in [0.3, 0.4) is 0 Å². The maximum Gasteiger partial charge on any atom is 0.188 e. The number of rotatable bonds is 2. The third-order valence-electron chi connectivity index (χ3n) is 7.94. The maximum absolute atomic E-state index is 7.58. The molecule has 0 fully saturated rings. The van der Waals surface area contributed by atoms with Gasteiger partial charge >= 0.3 is 0 Å². The minimum absolute atomic E-state index is 0.170. The number of hydrogen-bond acceptors (Lipinski definition) is 1. The topological polar surface area (TPSA) is 18.5 Å². The van der Waals surface area contributed by atoms with Crippen LogP contribution in [0.4, 0.5) is 5.69 Å². The van der Waals surface area contributed by atoms with Gasteiger partial charge in [-0.15, -0.1) is 0 Å². The summed E-state index contributed by atoms with van der Waals surface area (Å²) in [7, 11) is 0. The Morgan fingerprint density at radius 2 is 1.34 bits per heavy atom. The number of aromatic nitrogens is 1. The summed E-state index contributed by atoms with van der Waals surface area (Å²) in [4.78, 5) is 3.71. The molecule has 7 rings (SSSR count). The van der Waals surface area contributed by atoms with Crippen LogP contribution < -0.4 is 4.74 Å². The van der Waals surface area contributed by atoms with Gasteiger partial charge in [0.25, 0.3) is 0 Å². The lowest BCUT2D eigenvalue weighted by molar-refractivity contribution is 0.418. The molecule has 182 valence electrons. The van der Waals surface area contributed by atoms with E-state index < -0.39 is 0 Å². The number of hydrogen-bond donors (Lipinski definition) is 0. The predicted molar refractivity (Wildman–Crippen MR) is 156 cm³/mol. The lowest BCUT2D eigenvalue weighted by Gasteiger charge is -2.34. The Kier molecular flexibility index (Phi) is 4.77. The fourth-order valence-electron chi connectivity index (χ4n) is 5.85. The zero-order valence-electron chi connectivity index (χ0n) is 21.6. The molecule has 5 aromatic carbocycles. The summed E-state index contributed by atoms with van der Waals surface area (Å²) in [5.74, 6) is 1.84. The van der Waals surface area contributed by atoms with Crippen LogP contribution >= 0.6 is 0 Å². The third-order valence-corrected chi connectivity index (χ3v) is 7.94. The normalized spacial score (nSPS) is 13.5. The van der Waals surface area contributed by atoms with E-state index in [-0.39, 0.29) is 5.41 Å². The van der Waals surface area contributed by atoms with Gasteiger partial charge in [-0.1, -0.05) is 67.9 Å². The van der Waals surface area contributed by atoms with E-state index >= 15 is 0 Å². The van der Waals surface area contributed by atoms with Gasteiger partial charge in [0.1, 0.15) is 11.5 Å². The number of benzene rings is 5. The van der Waals surface area contributed by atoms with E-state index in [0.717, 1.165) is 50.1 Å². The first kappa shape index (κ1) is 22.4. The Hall–Kier alpha value is -4.81. The highest BCUT2D eigenvalue weighted by Gasteiger charge is 2.34. The van der Waals surface area contributed by atoms with Gasteiger partial charge in [-0.25, -0.2) is 4.85 Å². The van der Waals surface area contributed by atoms with Crippen LogP contribution in [-0.4, -0.2) is 4.57 Å². The van der Waals surface area contributed by atoms with E-state index in [1.807, 2.05) is 24.3 Å². The largest absolute Gasteiger partial charge is 0.457 e. The van der Waals surface area contributed by atoms with Gasteiger partial charge in [0.05, 0.1) is 17.6 Å².